The van der Waals surface area contributed by atoms with Crippen LogP contribution in [0.4, 0.5) is 4.39 Å². The van der Waals surface area contributed by atoms with Crippen molar-refractivity contribution in [2.45, 2.75) is 38.9 Å². The molecular weight excluding hydrogens is 215 g/mol. The highest BCUT2D eigenvalue weighted by Crippen LogP contribution is 2.18. The minimum Gasteiger partial charge on any atom is -0.309 e. The van der Waals surface area contributed by atoms with Crippen molar-refractivity contribution < 1.29 is 4.39 Å². The van der Waals surface area contributed by atoms with E-state index in [4.69, 9.17) is 0 Å². The van der Waals surface area contributed by atoms with E-state index in [0.717, 1.165) is 25.2 Å². The second kappa shape index (κ2) is 4.75. The van der Waals surface area contributed by atoms with Crippen molar-refractivity contribution in [3.63, 3.8) is 0 Å². The quantitative estimate of drug-likeness (QED) is 0.848. The summed E-state index contributed by atoms with van der Waals surface area (Å²) in [4.78, 5) is 2.41. The predicted octanol–water partition coefficient (Wildman–Crippen LogP) is 2.40. The highest BCUT2D eigenvalue weighted by molar-refractivity contribution is 5.16. The first kappa shape index (κ1) is 12.5. The number of hydrogen-bond acceptors (Lipinski definition) is 2. The van der Waals surface area contributed by atoms with E-state index in [9.17, 15) is 4.39 Å². The van der Waals surface area contributed by atoms with E-state index in [-0.39, 0.29) is 11.4 Å². The van der Waals surface area contributed by atoms with Gasteiger partial charge >= 0.3 is 0 Å². The zero-order chi connectivity index (χ0) is 12.5. The fourth-order valence-corrected chi connectivity index (χ4v) is 2.35. The van der Waals surface area contributed by atoms with Gasteiger partial charge in [0.25, 0.3) is 0 Å². The molecule has 1 aliphatic heterocycles. The smallest absolute Gasteiger partial charge is 0.123 e. The molecule has 1 aromatic carbocycles. The zero-order valence-electron chi connectivity index (χ0n) is 10.8. The Kier molecular flexibility index (Phi) is 3.50. The van der Waals surface area contributed by atoms with Crippen LogP contribution < -0.4 is 5.32 Å². The summed E-state index contributed by atoms with van der Waals surface area (Å²) in [5.41, 5.74) is 1.19. The largest absolute Gasteiger partial charge is 0.309 e. The molecule has 0 amide bonds. The molecule has 1 N–H and O–H groups in total. The molecule has 1 saturated heterocycles. The summed E-state index contributed by atoms with van der Waals surface area (Å²) in [6, 6.07) is 7.38. The first-order valence-corrected chi connectivity index (χ1v) is 6.20. The van der Waals surface area contributed by atoms with Crippen LogP contribution in [0.3, 0.4) is 0 Å². The number of halogens is 1. The molecular formula is C14H21FN2. The molecule has 2 nitrogen and oxygen atoms in total. The van der Waals surface area contributed by atoms with Crippen molar-refractivity contribution in [2.24, 2.45) is 0 Å². The molecule has 0 aromatic heterocycles. The Bertz CT molecular complexity index is 390. The van der Waals surface area contributed by atoms with Gasteiger partial charge in [-0.2, -0.15) is 0 Å². The molecule has 0 saturated carbocycles. The topological polar surface area (TPSA) is 15.3 Å². The lowest BCUT2D eigenvalue weighted by molar-refractivity contribution is 0.0977. The van der Waals surface area contributed by atoms with Gasteiger partial charge < -0.3 is 5.32 Å². The summed E-state index contributed by atoms with van der Waals surface area (Å²) in [7, 11) is 0. The monoisotopic (exact) mass is 236 g/mol. The lowest BCUT2D eigenvalue weighted by Gasteiger charge is -2.43. The number of nitrogens with zero attached hydrogens (tertiary/aromatic N) is 1. The first-order valence-electron chi connectivity index (χ1n) is 6.20. The van der Waals surface area contributed by atoms with Crippen LogP contribution in [0.5, 0.6) is 0 Å². The molecule has 1 fully saturated rings. The van der Waals surface area contributed by atoms with Gasteiger partial charge in [-0.1, -0.05) is 12.1 Å². The normalized spacial score (nSPS) is 24.8. The van der Waals surface area contributed by atoms with E-state index in [1.165, 1.54) is 6.07 Å². The first-order chi connectivity index (χ1) is 7.96. The van der Waals surface area contributed by atoms with Crippen LogP contribution in [0.25, 0.3) is 0 Å². The molecule has 3 heteroatoms. The highest BCUT2D eigenvalue weighted by atomic mass is 19.1. The maximum absolute atomic E-state index is 13.1. The third kappa shape index (κ3) is 3.27. The summed E-state index contributed by atoms with van der Waals surface area (Å²) in [6.45, 7) is 9.42. The number of rotatable bonds is 2. The fourth-order valence-electron chi connectivity index (χ4n) is 2.35. The number of piperazine rings is 1. The average Bonchev–Trinajstić information content (AvgIpc) is 2.23. The Labute approximate surface area is 103 Å². The second-order valence-corrected chi connectivity index (χ2v) is 5.65. The molecule has 17 heavy (non-hydrogen) atoms. The van der Waals surface area contributed by atoms with Gasteiger partial charge in [0.15, 0.2) is 0 Å². The third-order valence-electron chi connectivity index (χ3n) is 3.37. The van der Waals surface area contributed by atoms with Crippen molar-refractivity contribution in [3.05, 3.63) is 35.6 Å². The van der Waals surface area contributed by atoms with Gasteiger partial charge in [0.1, 0.15) is 5.82 Å². The van der Waals surface area contributed by atoms with Crippen LogP contribution in [0.1, 0.15) is 26.3 Å². The van der Waals surface area contributed by atoms with Gasteiger partial charge in [-0.05, 0) is 38.5 Å². The Morgan fingerprint density at radius 2 is 2.24 bits per heavy atom. The molecule has 1 unspecified atom stereocenters. The van der Waals surface area contributed by atoms with E-state index < -0.39 is 0 Å². The molecule has 0 bridgehead atoms. The molecule has 2 rings (SSSR count). The highest BCUT2D eigenvalue weighted by Gasteiger charge is 2.29. The predicted molar refractivity (Wildman–Crippen MR) is 68.4 cm³/mol. The standard InChI is InChI=1S/C14H21FN2/c1-11-8-16-14(2,3)10-17(11)9-12-5-4-6-13(15)7-12/h4-7,11,16H,8-10H2,1-3H3. The average molecular weight is 236 g/mol. The Balaban J connectivity index is 2.06. The van der Waals surface area contributed by atoms with Crippen LogP contribution in [-0.4, -0.2) is 29.6 Å². The van der Waals surface area contributed by atoms with Crippen molar-refractivity contribution in [1.29, 1.82) is 0 Å². The van der Waals surface area contributed by atoms with E-state index in [1.54, 1.807) is 12.1 Å². The van der Waals surface area contributed by atoms with Gasteiger partial charge in [0, 0.05) is 31.2 Å². The Hall–Kier alpha value is -0.930. The molecule has 1 heterocycles. The molecule has 0 spiro atoms. The van der Waals surface area contributed by atoms with Crippen molar-refractivity contribution in [1.82, 2.24) is 10.2 Å². The molecule has 0 radical (unpaired) electrons. The minimum atomic E-state index is -0.149. The summed E-state index contributed by atoms with van der Waals surface area (Å²) < 4.78 is 13.1. The second-order valence-electron chi connectivity index (χ2n) is 5.65. The zero-order valence-corrected chi connectivity index (χ0v) is 10.8. The Morgan fingerprint density at radius 3 is 2.94 bits per heavy atom. The van der Waals surface area contributed by atoms with Gasteiger partial charge in [0.05, 0.1) is 0 Å². The maximum atomic E-state index is 13.1. The number of hydrogen-bond donors (Lipinski definition) is 1. The molecule has 1 aliphatic rings. The van der Waals surface area contributed by atoms with Gasteiger partial charge in [-0.3, -0.25) is 4.90 Å². The van der Waals surface area contributed by atoms with Crippen LogP contribution in [-0.2, 0) is 6.54 Å². The van der Waals surface area contributed by atoms with Crippen LogP contribution >= 0.6 is 0 Å². The van der Waals surface area contributed by atoms with Crippen molar-refractivity contribution in [3.8, 4) is 0 Å². The van der Waals surface area contributed by atoms with E-state index in [0.29, 0.717) is 6.04 Å². The third-order valence-corrected chi connectivity index (χ3v) is 3.37. The summed E-state index contributed by atoms with van der Waals surface area (Å²) in [5, 5.41) is 3.52. The van der Waals surface area contributed by atoms with E-state index >= 15 is 0 Å². The summed E-state index contributed by atoms with van der Waals surface area (Å²) >= 11 is 0. The fraction of sp³-hybridized carbons (Fsp3) is 0.571. The van der Waals surface area contributed by atoms with Crippen molar-refractivity contribution in [2.75, 3.05) is 13.1 Å². The van der Waals surface area contributed by atoms with Gasteiger partial charge in [-0.15, -0.1) is 0 Å². The SMILES string of the molecule is CC1CNC(C)(C)CN1Cc1cccc(F)c1. The lowest BCUT2D eigenvalue weighted by Crippen LogP contribution is -2.60. The van der Waals surface area contributed by atoms with Crippen LogP contribution in [0.15, 0.2) is 24.3 Å². The van der Waals surface area contributed by atoms with Crippen LogP contribution in [0, 0.1) is 5.82 Å². The molecule has 1 aromatic rings. The van der Waals surface area contributed by atoms with E-state index in [2.05, 4.69) is 31.0 Å². The van der Waals surface area contributed by atoms with Gasteiger partial charge in [0.2, 0.25) is 0 Å². The maximum Gasteiger partial charge on any atom is 0.123 e. The number of benzene rings is 1. The summed E-state index contributed by atoms with van der Waals surface area (Å²) in [6.07, 6.45) is 0. The molecule has 94 valence electrons. The van der Waals surface area contributed by atoms with Crippen LogP contribution in [0.2, 0.25) is 0 Å². The molecule has 1 atom stereocenters. The molecule has 0 aliphatic carbocycles. The van der Waals surface area contributed by atoms with E-state index in [1.807, 2.05) is 6.07 Å². The number of nitrogens with one attached hydrogen (secondary N) is 1. The lowest BCUT2D eigenvalue weighted by atomic mass is 9.98. The minimum absolute atomic E-state index is 0.139. The Morgan fingerprint density at radius 1 is 1.47 bits per heavy atom. The van der Waals surface area contributed by atoms with Gasteiger partial charge in [-0.25, -0.2) is 4.39 Å². The van der Waals surface area contributed by atoms with Crippen molar-refractivity contribution >= 4 is 0 Å². The summed E-state index contributed by atoms with van der Waals surface area (Å²) in [5.74, 6) is -0.149.